The van der Waals surface area contributed by atoms with Crippen LogP contribution in [0.5, 0.6) is 0 Å². The molecule has 1 aliphatic heterocycles. The number of rotatable bonds is 9. The molecular weight excluding hydrogens is 296 g/mol. The van der Waals surface area contributed by atoms with Crippen LogP contribution in [0.25, 0.3) is 0 Å². The molecule has 3 atom stereocenters. The minimum Gasteiger partial charge on any atom is -0.469 e. The second-order valence-electron chi connectivity index (χ2n) is 5.84. The average Bonchev–Trinajstić information content (AvgIpc) is 2.60. The number of esters is 1. The third-order valence-corrected chi connectivity index (χ3v) is 4.18. The summed E-state index contributed by atoms with van der Waals surface area (Å²) >= 11 is 0. The first-order valence-corrected chi connectivity index (χ1v) is 8.37. The molecule has 132 valence electrons. The van der Waals surface area contributed by atoms with E-state index in [4.69, 9.17) is 19.2 Å². The Morgan fingerprint density at radius 2 is 2.09 bits per heavy atom. The highest BCUT2D eigenvalue weighted by Crippen LogP contribution is 2.34. The van der Waals surface area contributed by atoms with Crippen LogP contribution in [0.4, 0.5) is 0 Å². The molecule has 0 aromatic heterocycles. The number of unbranched alkanes of at least 4 members (excludes halogenated alkanes) is 1. The summed E-state index contributed by atoms with van der Waals surface area (Å²) in [6.07, 6.45) is 13.2. The second kappa shape index (κ2) is 10.6. The van der Waals surface area contributed by atoms with Crippen LogP contribution in [0.1, 0.15) is 52.4 Å². The minimum absolute atomic E-state index is 0.284. The van der Waals surface area contributed by atoms with Gasteiger partial charge in [0.05, 0.1) is 13.0 Å². The van der Waals surface area contributed by atoms with Gasteiger partial charge in [0.2, 0.25) is 5.79 Å². The third kappa shape index (κ3) is 6.45. The van der Waals surface area contributed by atoms with Crippen molar-refractivity contribution in [1.29, 1.82) is 0 Å². The van der Waals surface area contributed by atoms with E-state index in [-0.39, 0.29) is 18.0 Å². The topological polar surface area (TPSA) is 54.0 Å². The Labute approximate surface area is 139 Å². The molecule has 0 amide bonds. The molecule has 0 bridgehead atoms. The van der Waals surface area contributed by atoms with Gasteiger partial charge in [-0.1, -0.05) is 31.2 Å². The Morgan fingerprint density at radius 3 is 2.65 bits per heavy atom. The summed E-state index contributed by atoms with van der Waals surface area (Å²) < 4.78 is 10.3. The summed E-state index contributed by atoms with van der Waals surface area (Å²) in [5.74, 6) is -1.34. The second-order valence-corrected chi connectivity index (χ2v) is 5.84. The lowest BCUT2D eigenvalue weighted by molar-refractivity contribution is -0.469. The molecule has 0 aromatic carbocycles. The van der Waals surface area contributed by atoms with Crippen molar-refractivity contribution >= 4 is 5.97 Å². The number of allylic oxidation sites excluding steroid dienone is 4. The molecule has 0 unspecified atom stereocenters. The fraction of sp³-hybridized carbons (Fsp3) is 0.722. The van der Waals surface area contributed by atoms with Gasteiger partial charge < -0.3 is 9.47 Å². The summed E-state index contributed by atoms with van der Waals surface area (Å²) in [5.41, 5.74) is 0. The Hall–Kier alpha value is -1.17. The van der Waals surface area contributed by atoms with Gasteiger partial charge in [-0.3, -0.25) is 4.79 Å². The van der Waals surface area contributed by atoms with Crippen molar-refractivity contribution in [2.75, 3.05) is 14.2 Å². The lowest BCUT2D eigenvalue weighted by Crippen LogP contribution is -2.44. The maximum atomic E-state index is 11.6. The molecule has 0 N–H and O–H groups in total. The molecule has 5 nitrogen and oxygen atoms in total. The normalized spacial score (nSPS) is 26.7. The fourth-order valence-corrected chi connectivity index (χ4v) is 2.56. The van der Waals surface area contributed by atoms with Crippen LogP contribution >= 0.6 is 0 Å². The molecule has 0 aliphatic carbocycles. The molecule has 0 radical (unpaired) electrons. The summed E-state index contributed by atoms with van der Waals surface area (Å²) in [4.78, 5) is 22.5. The fourth-order valence-electron chi connectivity index (χ4n) is 2.56. The maximum absolute atomic E-state index is 11.6. The highest BCUT2D eigenvalue weighted by Gasteiger charge is 2.41. The van der Waals surface area contributed by atoms with E-state index in [0.29, 0.717) is 12.8 Å². The SMILES string of the molecule is CC/C=C/C=C/CCC[C@]1(OC)CC[C@H]([C@@H](C)C(=O)OC)OO1. The molecular formula is C18H30O5. The first-order valence-electron chi connectivity index (χ1n) is 8.37. The zero-order valence-corrected chi connectivity index (χ0v) is 14.7. The molecule has 0 saturated carbocycles. The van der Waals surface area contributed by atoms with Crippen molar-refractivity contribution in [1.82, 2.24) is 0 Å². The number of carbonyl (C=O) groups excluding carboxylic acids is 1. The first kappa shape index (κ1) is 19.9. The van der Waals surface area contributed by atoms with Gasteiger partial charge in [-0.05, 0) is 32.6 Å². The number of hydrogen-bond donors (Lipinski definition) is 0. The standard InChI is InChI=1S/C18H30O5/c1-5-6-7-8-9-10-11-13-18(21-4)14-12-16(22-23-18)15(2)17(19)20-3/h6-9,15-16H,5,10-14H2,1-4H3/b7-6+,9-8+/t15-,16-,18-/m1/s1. The summed E-state index contributed by atoms with van der Waals surface area (Å²) in [6, 6.07) is 0. The van der Waals surface area contributed by atoms with E-state index in [0.717, 1.165) is 25.7 Å². The van der Waals surface area contributed by atoms with Crippen LogP contribution < -0.4 is 0 Å². The van der Waals surface area contributed by atoms with Crippen LogP contribution in [0.3, 0.4) is 0 Å². The highest BCUT2D eigenvalue weighted by molar-refractivity contribution is 5.72. The van der Waals surface area contributed by atoms with Crippen molar-refractivity contribution < 1.29 is 24.0 Å². The van der Waals surface area contributed by atoms with E-state index in [1.807, 2.05) is 0 Å². The maximum Gasteiger partial charge on any atom is 0.311 e. The predicted molar refractivity (Wildman–Crippen MR) is 88.5 cm³/mol. The Morgan fingerprint density at radius 1 is 1.35 bits per heavy atom. The van der Waals surface area contributed by atoms with Gasteiger partial charge in [0.15, 0.2) is 0 Å². The Kier molecular flexibility index (Phi) is 9.14. The van der Waals surface area contributed by atoms with Crippen LogP contribution in [0.15, 0.2) is 24.3 Å². The van der Waals surface area contributed by atoms with Gasteiger partial charge >= 0.3 is 5.97 Å². The number of ether oxygens (including phenoxy) is 2. The van der Waals surface area contributed by atoms with Gasteiger partial charge in [-0.25, -0.2) is 9.78 Å². The van der Waals surface area contributed by atoms with Crippen molar-refractivity contribution in [2.45, 2.75) is 64.3 Å². The molecule has 0 spiro atoms. The summed E-state index contributed by atoms with van der Waals surface area (Å²) in [6.45, 7) is 3.90. The van der Waals surface area contributed by atoms with Gasteiger partial charge in [0, 0.05) is 20.0 Å². The van der Waals surface area contributed by atoms with E-state index in [9.17, 15) is 4.79 Å². The van der Waals surface area contributed by atoms with E-state index in [1.165, 1.54) is 7.11 Å². The van der Waals surface area contributed by atoms with Gasteiger partial charge in [0.1, 0.15) is 6.10 Å². The van der Waals surface area contributed by atoms with E-state index in [2.05, 4.69) is 31.2 Å². The molecule has 23 heavy (non-hydrogen) atoms. The Balaban J connectivity index is 2.38. The number of carbonyl (C=O) groups is 1. The molecule has 0 aromatic rings. The first-order chi connectivity index (χ1) is 11.1. The molecule has 5 heteroatoms. The van der Waals surface area contributed by atoms with Crippen molar-refractivity contribution in [3.05, 3.63) is 24.3 Å². The quantitative estimate of drug-likeness (QED) is 0.278. The molecule has 1 fully saturated rings. The van der Waals surface area contributed by atoms with E-state index >= 15 is 0 Å². The third-order valence-electron chi connectivity index (χ3n) is 4.18. The van der Waals surface area contributed by atoms with Gasteiger partial charge in [-0.15, -0.1) is 0 Å². The van der Waals surface area contributed by atoms with Crippen LogP contribution in [0.2, 0.25) is 0 Å². The largest absolute Gasteiger partial charge is 0.469 e. The van der Waals surface area contributed by atoms with Crippen molar-refractivity contribution in [2.24, 2.45) is 5.92 Å². The lowest BCUT2D eigenvalue weighted by Gasteiger charge is -2.38. The predicted octanol–water partition coefficient (Wildman–Crippen LogP) is 3.94. The highest BCUT2D eigenvalue weighted by atomic mass is 17.2. The molecule has 1 heterocycles. The zero-order valence-electron chi connectivity index (χ0n) is 14.7. The van der Waals surface area contributed by atoms with Gasteiger partial charge in [-0.2, -0.15) is 0 Å². The van der Waals surface area contributed by atoms with Crippen molar-refractivity contribution in [3.8, 4) is 0 Å². The smallest absolute Gasteiger partial charge is 0.311 e. The van der Waals surface area contributed by atoms with Crippen molar-refractivity contribution in [3.63, 3.8) is 0 Å². The minimum atomic E-state index is -0.709. The molecule has 1 saturated heterocycles. The number of hydrogen-bond acceptors (Lipinski definition) is 5. The Bertz CT molecular complexity index is 394. The zero-order chi connectivity index (χ0) is 17.1. The molecule has 1 aliphatic rings. The molecule has 1 rings (SSSR count). The summed E-state index contributed by atoms with van der Waals surface area (Å²) in [5, 5.41) is 0. The van der Waals surface area contributed by atoms with Crippen LogP contribution in [-0.2, 0) is 24.0 Å². The van der Waals surface area contributed by atoms with Crippen LogP contribution in [-0.4, -0.2) is 32.1 Å². The van der Waals surface area contributed by atoms with E-state index < -0.39 is 5.79 Å². The van der Waals surface area contributed by atoms with Crippen LogP contribution in [0, 0.1) is 5.92 Å². The van der Waals surface area contributed by atoms with Gasteiger partial charge in [0.25, 0.3) is 0 Å². The lowest BCUT2D eigenvalue weighted by atomic mass is 9.94. The monoisotopic (exact) mass is 326 g/mol. The van der Waals surface area contributed by atoms with E-state index in [1.54, 1.807) is 14.0 Å². The average molecular weight is 326 g/mol. The summed E-state index contributed by atoms with van der Waals surface area (Å²) in [7, 11) is 3.01. The number of methoxy groups -OCH3 is 2.